The van der Waals surface area contributed by atoms with Gasteiger partial charge in [0.05, 0.1) is 16.3 Å². The van der Waals surface area contributed by atoms with Gasteiger partial charge in [0.1, 0.15) is 22.6 Å². The molecular weight excluding hydrogens is 457 g/mol. The molecule has 1 aliphatic heterocycles. The van der Waals surface area contributed by atoms with Crippen LogP contribution >= 0.6 is 11.6 Å². The highest BCUT2D eigenvalue weighted by Gasteiger charge is 2.46. The number of rotatable bonds is 4. The zero-order chi connectivity index (χ0) is 22.5. The molecule has 2 unspecified atom stereocenters. The molecule has 2 aromatic carbocycles. The number of H-pyrrole nitrogens is 1. The second-order valence-corrected chi connectivity index (χ2v) is 10.2. The molecule has 2 atom stereocenters. The van der Waals surface area contributed by atoms with Gasteiger partial charge in [-0.15, -0.1) is 0 Å². The molecule has 0 saturated heterocycles. The molecule has 5 rings (SSSR count). The zero-order valence-corrected chi connectivity index (χ0v) is 18.5. The lowest BCUT2D eigenvalue weighted by atomic mass is 9.76. The number of fused-ring (bicyclic) bond motifs is 1. The van der Waals surface area contributed by atoms with Crippen LogP contribution in [0.4, 0.5) is 4.39 Å². The smallest absolute Gasteiger partial charge is 0.265 e. The molecule has 3 N–H and O–H groups in total. The molecule has 0 bridgehead atoms. The van der Waals surface area contributed by atoms with Crippen molar-refractivity contribution in [2.45, 2.75) is 31.3 Å². The molecule has 3 aromatic rings. The van der Waals surface area contributed by atoms with Crippen molar-refractivity contribution in [1.29, 1.82) is 0 Å². The lowest BCUT2D eigenvalue weighted by molar-refractivity contribution is -0.0859. The second-order valence-electron chi connectivity index (χ2n) is 8.33. The number of halogens is 2. The maximum absolute atomic E-state index is 14.2. The van der Waals surface area contributed by atoms with Crippen LogP contribution in [0.5, 0.6) is 0 Å². The molecule has 1 aliphatic carbocycles. The first-order chi connectivity index (χ1) is 15.2. The number of benzene rings is 2. The van der Waals surface area contributed by atoms with Gasteiger partial charge in [-0.2, -0.15) is 8.42 Å². The highest BCUT2D eigenvalue weighted by Crippen LogP contribution is 2.43. The Kier molecular flexibility index (Phi) is 5.24. The average molecular weight is 478 g/mol. The molecule has 2 aliphatic rings. The molecule has 0 amide bonds. The van der Waals surface area contributed by atoms with Gasteiger partial charge >= 0.3 is 0 Å². The summed E-state index contributed by atoms with van der Waals surface area (Å²) in [4.78, 5) is 13.6. The molecule has 1 fully saturated rings. The first-order valence-corrected chi connectivity index (χ1v) is 12.3. The molecule has 2 heterocycles. The van der Waals surface area contributed by atoms with Gasteiger partial charge in [0, 0.05) is 11.5 Å². The van der Waals surface area contributed by atoms with E-state index >= 15 is 0 Å². The molecule has 168 valence electrons. The van der Waals surface area contributed by atoms with E-state index in [0.717, 1.165) is 12.8 Å². The van der Waals surface area contributed by atoms with Crippen molar-refractivity contribution in [3.63, 3.8) is 0 Å². The molecular formula is C22H21ClFN3O4S. The third-order valence-corrected chi connectivity index (χ3v) is 7.30. The number of hydroxylamine groups is 1. The summed E-state index contributed by atoms with van der Waals surface area (Å²) < 4.78 is 46.7. The third kappa shape index (κ3) is 3.90. The molecule has 1 spiro atoms. The quantitative estimate of drug-likeness (QED) is 0.470. The van der Waals surface area contributed by atoms with Crippen molar-refractivity contribution < 1.29 is 22.2 Å². The zero-order valence-electron chi connectivity index (χ0n) is 16.9. The van der Waals surface area contributed by atoms with Crippen molar-refractivity contribution in [3.05, 3.63) is 59.1 Å². The van der Waals surface area contributed by atoms with Crippen LogP contribution in [0.3, 0.4) is 0 Å². The van der Waals surface area contributed by atoms with E-state index in [-0.39, 0.29) is 17.5 Å². The monoisotopic (exact) mass is 477 g/mol. The number of aromatic amines is 1. The van der Waals surface area contributed by atoms with E-state index in [4.69, 9.17) is 16.4 Å². The van der Waals surface area contributed by atoms with Crippen LogP contribution in [0.1, 0.15) is 31.5 Å². The number of nitrogens with zero attached hydrogens (tertiary/aromatic N) is 1. The molecule has 1 saturated carbocycles. The fraction of sp³-hybridized carbons (Fsp3) is 0.318. The fourth-order valence-corrected chi connectivity index (χ4v) is 5.89. The minimum absolute atomic E-state index is 0.347. The van der Waals surface area contributed by atoms with Crippen molar-refractivity contribution in [3.8, 4) is 11.1 Å². The number of aromatic nitrogens is 2. The van der Waals surface area contributed by atoms with Crippen molar-refractivity contribution >= 4 is 38.4 Å². The Hall–Kier alpha value is -2.46. The van der Waals surface area contributed by atoms with Gasteiger partial charge in [0.15, 0.2) is 5.82 Å². The lowest BCUT2D eigenvalue weighted by Crippen LogP contribution is -2.44. The standard InChI is InChI=1S/C22H21ClFN3O4S/c23-16-9-13(15-6-1-2-7-17(15)24)10-18-20(16)26-21(25-18)19-11-22(31-27-19)8-4-3-5-14(22)12-32(28,29)30/h1-2,6-7,9-11,14,27H,3-5,8,12H2,(H,25,26)(H,28,29,30). The average Bonchev–Trinajstić information content (AvgIpc) is 3.35. The first kappa shape index (κ1) is 21.4. The largest absolute Gasteiger partial charge is 0.337 e. The minimum atomic E-state index is -4.14. The fourth-order valence-electron chi connectivity index (χ4n) is 4.67. The van der Waals surface area contributed by atoms with E-state index < -0.39 is 15.7 Å². The summed E-state index contributed by atoms with van der Waals surface area (Å²) in [6, 6.07) is 9.91. The normalized spacial score (nSPS) is 23.5. The van der Waals surface area contributed by atoms with Gasteiger partial charge < -0.3 is 4.98 Å². The Morgan fingerprint density at radius 2 is 2.09 bits per heavy atom. The maximum Gasteiger partial charge on any atom is 0.265 e. The Bertz CT molecular complexity index is 1340. The van der Waals surface area contributed by atoms with Crippen LogP contribution in [0.15, 0.2) is 42.5 Å². The summed E-state index contributed by atoms with van der Waals surface area (Å²) in [5.74, 6) is -0.617. The van der Waals surface area contributed by atoms with E-state index in [9.17, 15) is 17.4 Å². The van der Waals surface area contributed by atoms with E-state index in [1.165, 1.54) is 6.07 Å². The van der Waals surface area contributed by atoms with Gasteiger partial charge in [-0.05, 0) is 42.7 Å². The van der Waals surface area contributed by atoms with Crippen molar-refractivity contribution in [1.82, 2.24) is 15.4 Å². The van der Waals surface area contributed by atoms with E-state index in [1.54, 1.807) is 30.3 Å². The third-order valence-electron chi connectivity index (χ3n) is 6.19. The Labute approximate surface area is 189 Å². The van der Waals surface area contributed by atoms with Crippen LogP contribution in [-0.2, 0) is 15.0 Å². The predicted molar refractivity (Wildman–Crippen MR) is 120 cm³/mol. The Morgan fingerprint density at radius 1 is 1.28 bits per heavy atom. The van der Waals surface area contributed by atoms with Crippen molar-refractivity contribution in [2.24, 2.45) is 5.92 Å². The number of imidazole rings is 1. The summed E-state index contributed by atoms with van der Waals surface area (Å²) in [5, 5.41) is 0.374. The number of hydrogen-bond acceptors (Lipinski definition) is 5. The lowest BCUT2D eigenvalue weighted by Gasteiger charge is -2.37. The number of hydrogen-bond donors (Lipinski definition) is 3. The van der Waals surface area contributed by atoms with Crippen LogP contribution in [0.2, 0.25) is 5.02 Å². The number of nitrogens with one attached hydrogen (secondary N) is 2. The first-order valence-electron chi connectivity index (χ1n) is 10.3. The topological polar surface area (TPSA) is 104 Å². The molecule has 32 heavy (non-hydrogen) atoms. The summed E-state index contributed by atoms with van der Waals surface area (Å²) in [5.41, 5.74) is 4.81. The van der Waals surface area contributed by atoms with Gasteiger partial charge in [-0.25, -0.2) is 9.37 Å². The predicted octanol–water partition coefficient (Wildman–Crippen LogP) is 4.71. The summed E-state index contributed by atoms with van der Waals surface area (Å²) >= 11 is 6.45. The van der Waals surface area contributed by atoms with Crippen LogP contribution in [0.25, 0.3) is 27.9 Å². The second kappa shape index (κ2) is 7.84. The van der Waals surface area contributed by atoms with Crippen LogP contribution in [-0.4, -0.2) is 34.3 Å². The molecule has 0 radical (unpaired) electrons. The van der Waals surface area contributed by atoms with Crippen LogP contribution in [0, 0.1) is 11.7 Å². The highest BCUT2D eigenvalue weighted by atomic mass is 35.5. The summed E-state index contributed by atoms with van der Waals surface area (Å²) in [6.07, 6.45) is 4.84. The Morgan fingerprint density at radius 3 is 2.88 bits per heavy atom. The highest BCUT2D eigenvalue weighted by molar-refractivity contribution is 7.85. The maximum atomic E-state index is 14.2. The van der Waals surface area contributed by atoms with E-state index in [0.29, 0.717) is 51.5 Å². The van der Waals surface area contributed by atoms with E-state index in [2.05, 4.69) is 15.4 Å². The molecule has 1 aromatic heterocycles. The summed E-state index contributed by atoms with van der Waals surface area (Å²) in [7, 11) is -4.14. The van der Waals surface area contributed by atoms with Crippen molar-refractivity contribution in [2.75, 3.05) is 5.75 Å². The van der Waals surface area contributed by atoms with Gasteiger partial charge in [0.25, 0.3) is 10.1 Å². The SMILES string of the molecule is O=S(=O)(O)CC1CCCCC12C=C(c1nc3c(Cl)cc(-c4ccccc4F)cc3[nH]1)NO2. The molecule has 7 nitrogen and oxygen atoms in total. The minimum Gasteiger partial charge on any atom is -0.337 e. The Balaban J connectivity index is 1.52. The van der Waals surface area contributed by atoms with Gasteiger partial charge in [0.2, 0.25) is 0 Å². The van der Waals surface area contributed by atoms with Gasteiger partial charge in [-0.1, -0.05) is 42.6 Å². The van der Waals surface area contributed by atoms with Gasteiger partial charge in [-0.3, -0.25) is 14.9 Å². The summed E-state index contributed by atoms with van der Waals surface area (Å²) in [6.45, 7) is 0. The molecule has 10 heteroatoms. The van der Waals surface area contributed by atoms with E-state index in [1.807, 2.05) is 6.08 Å². The van der Waals surface area contributed by atoms with Crippen LogP contribution < -0.4 is 5.48 Å².